The smallest absolute Gasteiger partial charge is 0.309 e. The van der Waals surface area contributed by atoms with Crippen molar-refractivity contribution in [1.82, 2.24) is 4.90 Å². The highest BCUT2D eigenvalue weighted by Gasteiger charge is 2.27. The van der Waals surface area contributed by atoms with Crippen LogP contribution in [0, 0.1) is 11.8 Å². The number of aliphatic carboxylic acids is 1. The van der Waals surface area contributed by atoms with Crippen LogP contribution in [0.25, 0.3) is 0 Å². The number of hydrogen-bond donors (Lipinski definition) is 5. The van der Waals surface area contributed by atoms with Gasteiger partial charge in [0.2, 0.25) is 11.8 Å². The third-order valence-corrected chi connectivity index (χ3v) is 4.44. The summed E-state index contributed by atoms with van der Waals surface area (Å²) in [5, 5.41) is 27.4. The lowest BCUT2D eigenvalue weighted by atomic mass is 9.93. The van der Waals surface area contributed by atoms with E-state index in [4.69, 9.17) is 33.9 Å². The molecule has 0 spiro atoms. The van der Waals surface area contributed by atoms with E-state index >= 15 is 0 Å². The van der Waals surface area contributed by atoms with Crippen LogP contribution in [0.5, 0.6) is 0 Å². The van der Waals surface area contributed by atoms with Gasteiger partial charge in [0.1, 0.15) is 0 Å². The van der Waals surface area contributed by atoms with Crippen molar-refractivity contribution < 1.29 is 29.7 Å². The summed E-state index contributed by atoms with van der Waals surface area (Å²) in [6.45, 7) is 1.27. The van der Waals surface area contributed by atoms with Crippen LogP contribution >= 0.6 is 12.2 Å². The van der Waals surface area contributed by atoms with Crippen LogP contribution in [0.4, 0.5) is 0 Å². The Morgan fingerprint density at radius 3 is 2.12 bits per heavy atom. The Balaban J connectivity index is 4.90. The number of aliphatic hydroxyl groups excluding tert-OH is 2. The minimum atomic E-state index is -1.18. The molecule has 0 aromatic rings. The standard InChI is InChI=1S/C16H29N3O6S/c1-9(21)13(17)3-4-19(2)15(23)10(7-14(18)22)5-12(26)6-11(8-20)16(24)25/h9-11,13,20-21H,3-8,17H2,1-2H3,(H2,18,22)(H,24,25)/t9?,10-,11-,13+/m1/s1. The molecule has 0 saturated carbocycles. The molecular weight excluding hydrogens is 362 g/mol. The highest BCUT2D eigenvalue weighted by atomic mass is 32.1. The predicted molar refractivity (Wildman–Crippen MR) is 99.3 cm³/mol. The van der Waals surface area contributed by atoms with Gasteiger partial charge in [-0.25, -0.2) is 0 Å². The second kappa shape index (κ2) is 11.9. The molecule has 0 aromatic carbocycles. The van der Waals surface area contributed by atoms with E-state index in [1.807, 2.05) is 0 Å². The molecule has 10 heteroatoms. The molecule has 0 saturated heterocycles. The van der Waals surface area contributed by atoms with E-state index in [9.17, 15) is 19.5 Å². The summed E-state index contributed by atoms with van der Waals surface area (Å²) in [4.78, 5) is 36.5. The Morgan fingerprint density at radius 1 is 1.15 bits per heavy atom. The summed E-state index contributed by atoms with van der Waals surface area (Å²) in [7, 11) is 1.54. The Morgan fingerprint density at radius 2 is 1.69 bits per heavy atom. The summed E-state index contributed by atoms with van der Waals surface area (Å²) in [6.07, 6.45) is -0.602. The number of carbonyl (C=O) groups excluding carboxylic acids is 2. The number of thiocarbonyl (C=S) groups is 1. The first-order valence-corrected chi connectivity index (χ1v) is 8.72. The number of carbonyl (C=O) groups is 3. The summed E-state index contributed by atoms with van der Waals surface area (Å²) in [5.74, 6) is -4.07. The molecule has 0 heterocycles. The van der Waals surface area contributed by atoms with Crippen molar-refractivity contribution in [2.24, 2.45) is 23.3 Å². The molecule has 2 amide bonds. The summed E-state index contributed by atoms with van der Waals surface area (Å²) < 4.78 is 0. The number of primary amides is 1. The molecule has 0 fully saturated rings. The second-order valence-corrected chi connectivity index (χ2v) is 7.06. The number of carboxylic acid groups (broad SMARTS) is 1. The fourth-order valence-electron chi connectivity index (χ4n) is 2.36. The molecule has 9 nitrogen and oxygen atoms in total. The fourth-order valence-corrected chi connectivity index (χ4v) is 2.76. The van der Waals surface area contributed by atoms with Crippen LogP contribution in [-0.4, -0.2) is 75.2 Å². The zero-order valence-electron chi connectivity index (χ0n) is 15.1. The molecule has 0 radical (unpaired) electrons. The topological polar surface area (TPSA) is 167 Å². The van der Waals surface area contributed by atoms with Crippen molar-refractivity contribution in [2.45, 2.75) is 44.8 Å². The van der Waals surface area contributed by atoms with Crippen molar-refractivity contribution in [3.05, 3.63) is 0 Å². The van der Waals surface area contributed by atoms with Gasteiger partial charge in [0, 0.05) is 26.1 Å². The van der Waals surface area contributed by atoms with Gasteiger partial charge in [-0.1, -0.05) is 12.2 Å². The van der Waals surface area contributed by atoms with E-state index in [1.165, 1.54) is 4.90 Å². The highest BCUT2D eigenvalue weighted by Crippen LogP contribution is 2.18. The molecule has 26 heavy (non-hydrogen) atoms. The zero-order valence-corrected chi connectivity index (χ0v) is 15.9. The second-order valence-electron chi connectivity index (χ2n) is 6.48. The first-order chi connectivity index (χ1) is 12.0. The summed E-state index contributed by atoms with van der Waals surface area (Å²) >= 11 is 5.14. The van der Waals surface area contributed by atoms with E-state index in [0.717, 1.165) is 0 Å². The molecule has 4 atom stereocenters. The van der Waals surface area contributed by atoms with Gasteiger partial charge in [-0.05, 0) is 31.1 Å². The third kappa shape index (κ3) is 9.18. The van der Waals surface area contributed by atoms with Crippen molar-refractivity contribution in [2.75, 3.05) is 20.2 Å². The number of carboxylic acids is 1. The van der Waals surface area contributed by atoms with Crippen LogP contribution < -0.4 is 11.5 Å². The Bertz CT molecular complexity index is 514. The predicted octanol–water partition coefficient (Wildman–Crippen LogP) is -1.12. The van der Waals surface area contributed by atoms with Crippen molar-refractivity contribution >= 4 is 34.9 Å². The van der Waals surface area contributed by atoms with Gasteiger partial charge < -0.3 is 31.7 Å². The highest BCUT2D eigenvalue weighted by molar-refractivity contribution is 7.80. The first-order valence-electron chi connectivity index (χ1n) is 8.31. The van der Waals surface area contributed by atoms with Gasteiger partial charge in [0.15, 0.2) is 0 Å². The monoisotopic (exact) mass is 391 g/mol. The van der Waals surface area contributed by atoms with E-state index in [0.29, 0.717) is 6.42 Å². The molecule has 1 unspecified atom stereocenters. The van der Waals surface area contributed by atoms with E-state index in [1.54, 1.807) is 14.0 Å². The maximum Gasteiger partial charge on any atom is 0.309 e. The Labute approximate surface area is 158 Å². The minimum absolute atomic E-state index is 0.0215. The average Bonchev–Trinajstić information content (AvgIpc) is 2.54. The number of nitrogens with two attached hydrogens (primary N) is 2. The van der Waals surface area contributed by atoms with Crippen LogP contribution in [0.3, 0.4) is 0 Å². The van der Waals surface area contributed by atoms with Crippen LogP contribution in [0.1, 0.15) is 32.6 Å². The van der Waals surface area contributed by atoms with Gasteiger partial charge in [0.25, 0.3) is 0 Å². The van der Waals surface area contributed by atoms with Crippen LogP contribution in [0.15, 0.2) is 0 Å². The van der Waals surface area contributed by atoms with Gasteiger partial charge >= 0.3 is 5.97 Å². The minimum Gasteiger partial charge on any atom is -0.481 e. The SMILES string of the molecule is CC(O)[C@@H](N)CCN(C)C(=O)[C@@H](CC(N)=O)CC(=S)C[C@H](CO)C(=O)O. The molecule has 0 bridgehead atoms. The molecule has 0 aliphatic heterocycles. The van der Waals surface area contributed by atoms with Crippen LogP contribution in [0.2, 0.25) is 0 Å². The number of hydrogen-bond acceptors (Lipinski definition) is 7. The number of aliphatic hydroxyl groups is 2. The molecule has 0 aromatic heterocycles. The maximum absolute atomic E-state index is 12.6. The number of amides is 2. The maximum atomic E-state index is 12.6. The zero-order chi connectivity index (χ0) is 20.4. The van der Waals surface area contributed by atoms with E-state index in [2.05, 4.69) is 0 Å². The molecule has 150 valence electrons. The fraction of sp³-hybridized carbons (Fsp3) is 0.750. The quantitative estimate of drug-likeness (QED) is 0.246. The molecule has 7 N–H and O–H groups in total. The molecular formula is C16H29N3O6S. The van der Waals surface area contributed by atoms with Crippen molar-refractivity contribution in [3.63, 3.8) is 0 Å². The number of rotatable bonds is 13. The first kappa shape index (κ1) is 24.4. The van der Waals surface area contributed by atoms with Gasteiger partial charge in [-0.2, -0.15) is 0 Å². The lowest BCUT2D eigenvalue weighted by Crippen LogP contribution is -2.40. The normalized spacial score (nSPS) is 15.6. The largest absolute Gasteiger partial charge is 0.481 e. The van der Waals surface area contributed by atoms with E-state index in [-0.39, 0.29) is 36.6 Å². The summed E-state index contributed by atoms with van der Waals surface area (Å²) in [5.41, 5.74) is 10.9. The van der Waals surface area contributed by atoms with Gasteiger partial charge in [-0.15, -0.1) is 0 Å². The molecule has 0 aliphatic carbocycles. The van der Waals surface area contributed by atoms with Crippen molar-refractivity contribution in [3.8, 4) is 0 Å². The van der Waals surface area contributed by atoms with E-state index < -0.39 is 42.5 Å². The average molecular weight is 391 g/mol. The molecule has 0 aliphatic rings. The van der Waals surface area contributed by atoms with Crippen LogP contribution in [-0.2, 0) is 14.4 Å². The molecule has 0 rings (SSSR count). The van der Waals surface area contributed by atoms with Gasteiger partial charge in [0.05, 0.1) is 24.5 Å². The van der Waals surface area contributed by atoms with Crippen molar-refractivity contribution in [1.29, 1.82) is 0 Å². The third-order valence-electron chi connectivity index (χ3n) is 4.11. The number of nitrogens with zero attached hydrogens (tertiary/aromatic N) is 1. The lowest BCUT2D eigenvalue weighted by molar-refractivity contribution is -0.142. The Hall–Kier alpha value is -1.62. The summed E-state index contributed by atoms with van der Waals surface area (Å²) in [6, 6.07) is -0.484. The van der Waals surface area contributed by atoms with Gasteiger partial charge in [-0.3, -0.25) is 14.4 Å². The lowest BCUT2D eigenvalue weighted by Gasteiger charge is -2.25. The Kier molecular flexibility index (Phi) is 11.2.